The van der Waals surface area contributed by atoms with E-state index in [2.05, 4.69) is 15.0 Å². The van der Waals surface area contributed by atoms with Crippen molar-refractivity contribution < 1.29 is 5.11 Å². The third kappa shape index (κ3) is 4.29. The second-order valence-corrected chi connectivity index (χ2v) is 5.37. The zero-order valence-corrected chi connectivity index (χ0v) is 13.1. The van der Waals surface area contributed by atoms with Crippen LogP contribution in [0.2, 0.25) is 0 Å². The average Bonchev–Trinajstić information content (AvgIpc) is 2.46. The molecule has 118 valence electrons. The second kappa shape index (κ2) is 7.04. The zero-order valence-electron chi connectivity index (χ0n) is 13.1. The molecule has 0 saturated carbocycles. The molecule has 0 amide bonds. The van der Waals surface area contributed by atoms with Crippen molar-refractivity contribution >= 4 is 17.6 Å². The number of hydrogen-bond donors (Lipinski definition) is 2. The maximum atomic E-state index is 9.73. The van der Waals surface area contributed by atoms with E-state index in [0.717, 1.165) is 5.69 Å². The highest BCUT2D eigenvalue weighted by molar-refractivity contribution is 5.46. The van der Waals surface area contributed by atoms with Crippen molar-refractivity contribution in [3.63, 3.8) is 0 Å². The highest BCUT2D eigenvalue weighted by atomic mass is 16.3. The fourth-order valence-electron chi connectivity index (χ4n) is 2.09. The van der Waals surface area contributed by atoms with Crippen LogP contribution in [0, 0.1) is 0 Å². The van der Waals surface area contributed by atoms with Gasteiger partial charge in [0.25, 0.3) is 0 Å². The Bertz CT molecular complexity index is 602. The molecule has 2 rings (SSSR count). The molecule has 7 heteroatoms. The number of nitrogens with two attached hydrogens (primary N) is 1. The first-order valence-corrected chi connectivity index (χ1v) is 7.11. The van der Waals surface area contributed by atoms with Crippen molar-refractivity contribution in [1.82, 2.24) is 15.0 Å². The summed E-state index contributed by atoms with van der Waals surface area (Å²) in [5.41, 5.74) is 6.75. The van der Waals surface area contributed by atoms with Crippen LogP contribution >= 0.6 is 0 Å². The van der Waals surface area contributed by atoms with Gasteiger partial charge in [-0.2, -0.15) is 15.0 Å². The van der Waals surface area contributed by atoms with E-state index >= 15 is 0 Å². The van der Waals surface area contributed by atoms with Crippen molar-refractivity contribution in [3.8, 4) is 0 Å². The maximum absolute atomic E-state index is 9.73. The molecular formula is C15H22N6O. The number of benzene rings is 1. The molecule has 1 heterocycles. The predicted molar refractivity (Wildman–Crippen MR) is 87.7 cm³/mol. The van der Waals surface area contributed by atoms with Crippen LogP contribution in [0.25, 0.3) is 0 Å². The van der Waals surface area contributed by atoms with Gasteiger partial charge in [0.2, 0.25) is 11.9 Å². The molecule has 0 saturated heterocycles. The van der Waals surface area contributed by atoms with E-state index in [-0.39, 0.29) is 5.95 Å². The number of aliphatic hydroxyl groups excluding tert-OH is 1. The van der Waals surface area contributed by atoms with Gasteiger partial charge >= 0.3 is 0 Å². The molecule has 7 nitrogen and oxygen atoms in total. The topological polar surface area (TPSA) is 91.4 Å². The monoisotopic (exact) mass is 302 g/mol. The Morgan fingerprint density at radius 1 is 1.14 bits per heavy atom. The molecule has 2 aromatic rings. The Hall–Kier alpha value is -2.41. The minimum absolute atomic E-state index is 0.193. The van der Waals surface area contributed by atoms with E-state index in [1.807, 2.05) is 49.3 Å². The van der Waals surface area contributed by atoms with Crippen molar-refractivity contribution in [2.75, 3.05) is 36.2 Å². The van der Waals surface area contributed by atoms with Gasteiger partial charge < -0.3 is 20.6 Å². The van der Waals surface area contributed by atoms with Gasteiger partial charge in [-0.1, -0.05) is 18.2 Å². The van der Waals surface area contributed by atoms with Gasteiger partial charge in [0.15, 0.2) is 5.82 Å². The Balaban J connectivity index is 2.27. The van der Waals surface area contributed by atoms with Gasteiger partial charge in [0.1, 0.15) is 0 Å². The van der Waals surface area contributed by atoms with Crippen LogP contribution in [0.3, 0.4) is 0 Å². The van der Waals surface area contributed by atoms with Gasteiger partial charge in [0, 0.05) is 26.3 Å². The first kappa shape index (κ1) is 16.0. The van der Waals surface area contributed by atoms with E-state index in [9.17, 15) is 5.11 Å². The predicted octanol–water partition coefficient (Wildman–Crippen LogP) is 0.907. The molecule has 0 aliphatic carbocycles. The number of anilines is 3. The van der Waals surface area contributed by atoms with Gasteiger partial charge in [-0.15, -0.1) is 0 Å². The number of nitrogen functional groups attached to an aromatic ring is 1. The lowest BCUT2D eigenvalue weighted by Crippen LogP contribution is -2.31. The summed E-state index contributed by atoms with van der Waals surface area (Å²) < 4.78 is 0. The molecule has 1 atom stereocenters. The largest absolute Gasteiger partial charge is 0.392 e. The number of nitrogens with zero attached hydrogens (tertiary/aromatic N) is 5. The molecule has 0 aliphatic rings. The van der Waals surface area contributed by atoms with Crippen LogP contribution < -0.4 is 15.5 Å². The number of hydrogen-bond acceptors (Lipinski definition) is 7. The van der Waals surface area contributed by atoms with Gasteiger partial charge in [-0.05, 0) is 19.1 Å². The maximum Gasteiger partial charge on any atom is 0.229 e. The van der Waals surface area contributed by atoms with Crippen LogP contribution in [-0.2, 0) is 6.54 Å². The fraction of sp³-hybridized carbons (Fsp3) is 0.400. The number of rotatable bonds is 6. The first-order valence-electron chi connectivity index (χ1n) is 7.11. The molecule has 1 aromatic carbocycles. The summed E-state index contributed by atoms with van der Waals surface area (Å²) in [6, 6.07) is 9.84. The number of para-hydroxylation sites is 1. The van der Waals surface area contributed by atoms with Crippen molar-refractivity contribution in [3.05, 3.63) is 36.2 Å². The highest BCUT2D eigenvalue weighted by Gasteiger charge is 2.14. The average molecular weight is 302 g/mol. The molecule has 0 aliphatic heterocycles. The van der Waals surface area contributed by atoms with Crippen molar-refractivity contribution in [1.29, 1.82) is 0 Å². The molecule has 22 heavy (non-hydrogen) atoms. The number of aromatic nitrogens is 3. The highest BCUT2D eigenvalue weighted by Crippen LogP contribution is 2.17. The zero-order chi connectivity index (χ0) is 16.1. The number of aliphatic hydroxyl groups is 1. The van der Waals surface area contributed by atoms with E-state index in [4.69, 9.17) is 5.73 Å². The van der Waals surface area contributed by atoms with Gasteiger partial charge in [-0.3, -0.25) is 0 Å². The lowest BCUT2D eigenvalue weighted by atomic mass is 10.2. The molecular weight excluding hydrogens is 280 g/mol. The molecule has 1 aromatic heterocycles. The minimum Gasteiger partial charge on any atom is -0.392 e. The molecule has 0 unspecified atom stereocenters. The summed E-state index contributed by atoms with van der Waals surface area (Å²) in [4.78, 5) is 16.5. The van der Waals surface area contributed by atoms with E-state index < -0.39 is 6.10 Å². The van der Waals surface area contributed by atoms with Crippen molar-refractivity contribution in [2.24, 2.45) is 0 Å². The van der Waals surface area contributed by atoms with Crippen LogP contribution in [0.15, 0.2) is 30.3 Å². The van der Waals surface area contributed by atoms with Crippen molar-refractivity contribution in [2.45, 2.75) is 19.6 Å². The van der Waals surface area contributed by atoms with Crippen LogP contribution in [-0.4, -0.2) is 46.8 Å². The van der Waals surface area contributed by atoms with Gasteiger partial charge in [-0.25, -0.2) is 0 Å². The second-order valence-electron chi connectivity index (χ2n) is 5.37. The lowest BCUT2D eigenvalue weighted by Gasteiger charge is -2.25. The Morgan fingerprint density at radius 2 is 1.82 bits per heavy atom. The van der Waals surface area contributed by atoms with Crippen LogP contribution in [0.4, 0.5) is 17.6 Å². The van der Waals surface area contributed by atoms with E-state index in [0.29, 0.717) is 24.9 Å². The standard InChI is InChI=1S/C15H22N6O/c1-11(22)9-21(12-7-5-4-6-8-12)10-13-17-14(16)19-15(18-13)20(2)3/h4-8,11,22H,9-10H2,1-3H3,(H2,16,17,18,19)/t11-/m0/s1. The Labute approximate surface area is 130 Å². The van der Waals surface area contributed by atoms with E-state index in [1.165, 1.54) is 0 Å². The molecule has 3 N–H and O–H groups in total. The minimum atomic E-state index is -0.465. The van der Waals surface area contributed by atoms with Crippen LogP contribution in [0.5, 0.6) is 0 Å². The Morgan fingerprint density at radius 3 is 2.41 bits per heavy atom. The molecule has 0 radical (unpaired) electrons. The SMILES string of the molecule is C[C@H](O)CN(Cc1nc(N)nc(N(C)C)n1)c1ccccc1. The van der Waals surface area contributed by atoms with E-state index in [1.54, 1.807) is 11.8 Å². The summed E-state index contributed by atoms with van der Waals surface area (Å²) in [7, 11) is 3.70. The lowest BCUT2D eigenvalue weighted by molar-refractivity contribution is 0.199. The normalized spacial score (nSPS) is 12.0. The first-order chi connectivity index (χ1) is 10.5. The molecule has 0 bridgehead atoms. The summed E-state index contributed by atoms with van der Waals surface area (Å²) in [5.74, 6) is 1.28. The summed E-state index contributed by atoms with van der Waals surface area (Å²) in [6.07, 6.45) is -0.465. The molecule has 0 spiro atoms. The summed E-state index contributed by atoms with van der Waals surface area (Å²) in [6.45, 7) is 2.68. The molecule has 0 fully saturated rings. The fourth-order valence-corrected chi connectivity index (χ4v) is 2.09. The smallest absolute Gasteiger partial charge is 0.229 e. The summed E-state index contributed by atoms with van der Waals surface area (Å²) in [5, 5.41) is 9.73. The third-order valence-electron chi connectivity index (χ3n) is 3.03. The van der Waals surface area contributed by atoms with Crippen LogP contribution in [0.1, 0.15) is 12.7 Å². The Kier molecular flexibility index (Phi) is 5.11. The third-order valence-corrected chi connectivity index (χ3v) is 3.03. The summed E-state index contributed by atoms with van der Waals surface area (Å²) >= 11 is 0. The quantitative estimate of drug-likeness (QED) is 0.819. The van der Waals surface area contributed by atoms with Gasteiger partial charge in [0.05, 0.1) is 12.6 Å².